The molecular formula is C17H22N2O3. The average Bonchev–Trinajstić information content (AvgIpc) is 2.50. The number of nitrogens with zero attached hydrogens (tertiary/aromatic N) is 2. The van der Waals surface area contributed by atoms with Gasteiger partial charge in [0, 0.05) is 16.9 Å². The van der Waals surface area contributed by atoms with E-state index < -0.39 is 5.92 Å². The Bertz CT molecular complexity index is 643. The number of rotatable bonds is 2. The van der Waals surface area contributed by atoms with E-state index in [0.717, 1.165) is 30.4 Å². The monoisotopic (exact) mass is 302 g/mol. The molecule has 0 N–H and O–H groups in total. The molecule has 0 spiro atoms. The summed E-state index contributed by atoms with van der Waals surface area (Å²) in [7, 11) is 1.62. The summed E-state index contributed by atoms with van der Waals surface area (Å²) in [5, 5.41) is 0. The number of aromatic nitrogens is 2. The first kappa shape index (κ1) is 15.1. The Kier molecular flexibility index (Phi) is 3.54. The largest absolute Gasteiger partial charge is 0.481 e. The third-order valence-corrected chi connectivity index (χ3v) is 5.56. The number of ether oxygens (including phenoxy) is 1. The van der Waals surface area contributed by atoms with Gasteiger partial charge in [-0.3, -0.25) is 4.79 Å². The van der Waals surface area contributed by atoms with Crippen LogP contribution in [0.1, 0.15) is 43.8 Å². The van der Waals surface area contributed by atoms with Crippen molar-refractivity contribution in [3.63, 3.8) is 0 Å². The molecule has 1 fully saturated rings. The van der Waals surface area contributed by atoms with Crippen LogP contribution in [-0.2, 0) is 21.4 Å². The highest BCUT2D eigenvalue weighted by Gasteiger charge is 2.53. The molecule has 2 aliphatic carbocycles. The number of Topliss-reactive ketones (excluding diaryl/α,β-unsaturated/α-hetero) is 1. The number of hydrogen-bond acceptors (Lipinski definition) is 5. The van der Waals surface area contributed by atoms with Crippen LogP contribution in [-0.4, -0.2) is 29.1 Å². The normalized spacial score (nSPS) is 33.8. The third kappa shape index (κ3) is 1.98. The highest BCUT2D eigenvalue weighted by atomic mass is 16.5. The second-order valence-corrected chi connectivity index (χ2v) is 6.81. The number of aryl methyl sites for hydroxylation is 1. The maximum Gasteiger partial charge on any atom is 0.219 e. The van der Waals surface area contributed by atoms with E-state index in [9.17, 15) is 9.59 Å². The standard InChI is InChI=1S/C17H22N2O3/c1-9-13-6-5-12-15(18-10(2)19-16(12)22-4)17(13,3)7-11(8-20)14(9)21/h8-9,11,13H,5-7H2,1-4H3/t9-,11?,13-,17-/m0/s1. The van der Waals surface area contributed by atoms with Crippen LogP contribution in [0.5, 0.6) is 5.88 Å². The molecule has 0 radical (unpaired) electrons. The molecule has 2 aliphatic rings. The van der Waals surface area contributed by atoms with Gasteiger partial charge in [0.2, 0.25) is 5.88 Å². The SMILES string of the molecule is COc1nc(C)nc2c1CC[C@H]1[C@H](C)C(=O)C(C=O)C[C@]21C. The minimum atomic E-state index is -0.525. The molecule has 0 aliphatic heterocycles. The maximum atomic E-state index is 12.4. The number of carbonyl (C=O) groups excluding carboxylic acids is 2. The topological polar surface area (TPSA) is 69.2 Å². The Balaban J connectivity index is 2.17. The van der Waals surface area contributed by atoms with Gasteiger partial charge in [-0.1, -0.05) is 13.8 Å². The summed E-state index contributed by atoms with van der Waals surface area (Å²) in [4.78, 5) is 32.8. The molecule has 3 rings (SSSR count). The van der Waals surface area contributed by atoms with Gasteiger partial charge in [-0.2, -0.15) is 4.98 Å². The molecule has 5 nitrogen and oxygen atoms in total. The molecule has 1 aromatic rings. The van der Waals surface area contributed by atoms with Crippen LogP contribution >= 0.6 is 0 Å². The predicted octanol–water partition coefficient (Wildman–Crippen LogP) is 2.04. The van der Waals surface area contributed by atoms with Crippen LogP contribution in [0.25, 0.3) is 0 Å². The molecule has 0 bridgehead atoms. The van der Waals surface area contributed by atoms with Crippen LogP contribution in [0.15, 0.2) is 0 Å². The second kappa shape index (κ2) is 5.14. The zero-order valence-electron chi connectivity index (χ0n) is 13.5. The lowest BCUT2D eigenvalue weighted by Gasteiger charge is -2.49. The minimum Gasteiger partial charge on any atom is -0.481 e. The third-order valence-electron chi connectivity index (χ3n) is 5.56. The molecule has 1 aromatic heterocycles. The molecule has 1 saturated carbocycles. The fourth-order valence-electron chi connectivity index (χ4n) is 4.49. The molecule has 5 heteroatoms. The highest BCUT2D eigenvalue weighted by molar-refractivity contribution is 5.96. The minimum absolute atomic E-state index is 0.0821. The van der Waals surface area contributed by atoms with Gasteiger partial charge in [-0.05, 0) is 32.1 Å². The van der Waals surface area contributed by atoms with Gasteiger partial charge in [-0.25, -0.2) is 4.98 Å². The summed E-state index contributed by atoms with van der Waals surface area (Å²) in [5.74, 6) is 0.979. The number of fused-ring (bicyclic) bond motifs is 3. The summed E-state index contributed by atoms with van der Waals surface area (Å²) in [5.41, 5.74) is 1.74. The van der Waals surface area contributed by atoms with Crippen molar-refractivity contribution in [1.29, 1.82) is 0 Å². The molecule has 1 heterocycles. The zero-order chi connectivity index (χ0) is 16.1. The number of ketones is 1. The Morgan fingerprint density at radius 1 is 1.36 bits per heavy atom. The highest BCUT2D eigenvalue weighted by Crippen LogP contribution is 2.52. The molecule has 4 atom stereocenters. The molecule has 22 heavy (non-hydrogen) atoms. The van der Waals surface area contributed by atoms with Crippen LogP contribution in [0, 0.1) is 24.7 Å². The summed E-state index contributed by atoms with van der Waals surface area (Å²) < 4.78 is 5.43. The predicted molar refractivity (Wildman–Crippen MR) is 80.8 cm³/mol. The van der Waals surface area contributed by atoms with E-state index in [1.54, 1.807) is 7.11 Å². The Hall–Kier alpha value is -1.78. The van der Waals surface area contributed by atoms with Gasteiger partial charge in [-0.15, -0.1) is 0 Å². The number of hydrogen-bond donors (Lipinski definition) is 0. The Morgan fingerprint density at radius 2 is 2.09 bits per heavy atom. The summed E-state index contributed by atoms with van der Waals surface area (Å²) in [6.45, 7) is 5.95. The lowest BCUT2D eigenvalue weighted by atomic mass is 9.54. The average molecular weight is 302 g/mol. The van der Waals surface area contributed by atoms with Gasteiger partial charge >= 0.3 is 0 Å². The van der Waals surface area contributed by atoms with E-state index in [-0.39, 0.29) is 23.0 Å². The fraction of sp³-hybridized carbons (Fsp3) is 0.647. The van der Waals surface area contributed by atoms with Gasteiger partial charge < -0.3 is 9.53 Å². The lowest BCUT2D eigenvalue weighted by Crippen LogP contribution is -2.51. The van der Waals surface area contributed by atoms with Crippen LogP contribution in [0.4, 0.5) is 0 Å². The van der Waals surface area contributed by atoms with Gasteiger partial charge in [0.25, 0.3) is 0 Å². The van der Waals surface area contributed by atoms with Gasteiger partial charge in [0.1, 0.15) is 17.9 Å². The Morgan fingerprint density at radius 3 is 2.73 bits per heavy atom. The summed E-state index contributed by atoms with van der Waals surface area (Å²) >= 11 is 0. The van der Waals surface area contributed by atoms with Crippen molar-refractivity contribution in [3.05, 3.63) is 17.1 Å². The van der Waals surface area contributed by atoms with E-state index in [2.05, 4.69) is 16.9 Å². The van der Waals surface area contributed by atoms with Gasteiger partial charge in [0.05, 0.1) is 18.7 Å². The number of carbonyl (C=O) groups is 2. The molecular weight excluding hydrogens is 280 g/mol. The van der Waals surface area contributed by atoms with Crippen LogP contribution < -0.4 is 4.74 Å². The van der Waals surface area contributed by atoms with Crippen molar-refractivity contribution < 1.29 is 14.3 Å². The van der Waals surface area contributed by atoms with Crippen molar-refractivity contribution >= 4 is 12.1 Å². The zero-order valence-corrected chi connectivity index (χ0v) is 13.5. The maximum absolute atomic E-state index is 12.4. The van der Waals surface area contributed by atoms with E-state index in [1.165, 1.54) is 0 Å². The van der Waals surface area contributed by atoms with Crippen molar-refractivity contribution in [2.24, 2.45) is 17.8 Å². The number of methoxy groups -OCH3 is 1. The quantitative estimate of drug-likeness (QED) is 0.617. The molecule has 0 saturated heterocycles. The van der Waals surface area contributed by atoms with E-state index in [0.29, 0.717) is 18.1 Å². The van der Waals surface area contributed by atoms with E-state index in [1.807, 2.05) is 13.8 Å². The first-order valence-electron chi connectivity index (χ1n) is 7.83. The molecule has 118 valence electrons. The first-order valence-corrected chi connectivity index (χ1v) is 7.83. The van der Waals surface area contributed by atoms with E-state index >= 15 is 0 Å². The van der Waals surface area contributed by atoms with Crippen LogP contribution in [0.2, 0.25) is 0 Å². The molecule has 1 unspecified atom stereocenters. The first-order chi connectivity index (χ1) is 10.4. The van der Waals surface area contributed by atoms with Gasteiger partial charge in [0.15, 0.2) is 0 Å². The summed E-state index contributed by atoms with van der Waals surface area (Å²) in [6.07, 6.45) is 3.07. The summed E-state index contributed by atoms with van der Waals surface area (Å²) in [6, 6.07) is 0. The van der Waals surface area contributed by atoms with Crippen molar-refractivity contribution in [2.75, 3.05) is 7.11 Å². The second-order valence-electron chi connectivity index (χ2n) is 6.81. The number of aldehydes is 1. The fourth-order valence-corrected chi connectivity index (χ4v) is 4.49. The van der Waals surface area contributed by atoms with Crippen molar-refractivity contribution in [1.82, 2.24) is 9.97 Å². The lowest BCUT2D eigenvalue weighted by molar-refractivity contribution is -0.137. The van der Waals surface area contributed by atoms with Crippen molar-refractivity contribution in [3.8, 4) is 5.88 Å². The molecule has 0 aromatic carbocycles. The van der Waals surface area contributed by atoms with Crippen LogP contribution in [0.3, 0.4) is 0 Å². The molecule has 0 amide bonds. The Labute approximate surface area is 130 Å². The van der Waals surface area contributed by atoms with E-state index in [4.69, 9.17) is 4.74 Å². The van der Waals surface area contributed by atoms with Crippen molar-refractivity contribution in [2.45, 2.75) is 45.4 Å². The smallest absolute Gasteiger partial charge is 0.219 e.